The van der Waals surface area contributed by atoms with Crippen LogP contribution in [-0.2, 0) is 11.3 Å². The van der Waals surface area contributed by atoms with Gasteiger partial charge in [-0.1, -0.05) is 12.1 Å². The molecule has 0 saturated carbocycles. The summed E-state index contributed by atoms with van der Waals surface area (Å²) in [5.74, 6) is -0.351. The Balaban J connectivity index is 2.16. The molecule has 0 aliphatic carbocycles. The summed E-state index contributed by atoms with van der Waals surface area (Å²) in [4.78, 5) is 22.0. The number of rotatable bonds is 4. The number of methoxy groups -OCH3 is 1. The fourth-order valence-electron chi connectivity index (χ4n) is 1.74. The quantitative estimate of drug-likeness (QED) is 0.610. The minimum atomic E-state index is -0.351. The van der Waals surface area contributed by atoms with Gasteiger partial charge in [-0.05, 0) is 29.8 Å². The van der Waals surface area contributed by atoms with Gasteiger partial charge in [0.1, 0.15) is 0 Å². The number of hydrogen-bond acceptors (Lipinski definition) is 3. The Kier molecular flexibility index (Phi) is 3.57. The summed E-state index contributed by atoms with van der Waals surface area (Å²) in [6, 6.07) is 10.7. The maximum atomic E-state index is 11.3. The van der Waals surface area contributed by atoms with Gasteiger partial charge in [0.2, 0.25) is 0 Å². The van der Waals surface area contributed by atoms with Crippen molar-refractivity contribution in [3.63, 3.8) is 0 Å². The molecule has 4 nitrogen and oxygen atoms in total. The van der Waals surface area contributed by atoms with Gasteiger partial charge in [-0.15, -0.1) is 0 Å². The Morgan fingerprint density at radius 3 is 2.61 bits per heavy atom. The summed E-state index contributed by atoms with van der Waals surface area (Å²) in [6.07, 6.45) is 2.67. The van der Waals surface area contributed by atoms with E-state index >= 15 is 0 Å². The summed E-state index contributed by atoms with van der Waals surface area (Å²) in [5.41, 5.74) is 2.17. The summed E-state index contributed by atoms with van der Waals surface area (Å²) < 4.78 is 6.48. The molecule has 0 aliphatic heterocycles. The molecular weight excluding hydrogens is 230 g/mol. The highest BCUT2D eigenvalue weighted by Crippen LogP contribution is 2.09. The lowest BCUT2D eigenvalue weighted by Gasteiger charge is -2.06. The lowest BCUT2D eigenvalue weighted by atomic mass is 10.1. The fraction of sp³-hybridized carbons (Fsp3) is 0.143. The first-order valence-corrected chi connectivity index (χ1v) is 5.52. The van der Waals surface area contributed by atoms with E-state index in [0.29, 0.717) is 17.8 Å². The molecule has 1 heterocycles. The van der Waals surface area contributed by atoms with E-state index in [0.717, 1.165) is 11.8 Å². The van der Waals surface area contributed by atoms with Crippen LogP contribution < -0.4 is 0 Å². The number of hydrogen-bond donors (Lipinski definition) is 0. The van der Waals surface area contributed by atoms with Crippen LogP contribution in [0.4, 0.5) is 0 Å². The van der Waals surface area contributed by atoms with Gasteiger partial charge in [0.25, 0.3) is 0 Å². The number of benzene rings is 1. The van der Waals surface area contributed by atoms with E-state index in [9.17, 15) is 9.59 Å². The molecule has 0 unspecified atom stereocenters. The van der Waals surface area contributed by atoms with E-state index in [2.05, 4.69) is 4.74 Å². The zero-order chi connectivity index (χ0) is 13.0. The fourth-order valence-corrected chi connectivity index (χ4v) is 1.74. The molecule has 92 valence electrons. The van der Waals surface area contributed by atoms with E-state index < -0.39 is 0 Å². The molecule has 0 aliphatic rings. The van der Waals surface area contributed by atoms with Crippen LogP contribution in [0.5, 0.6) is 0 Å². The Labute approximate surface area is 105 Å². The Morgan fingerprint density at radius 2 is 2.00 bits per heavy atom. The van der Waals surface area contributed by atoms with Crippen LogP contribution in [-0.4, -0.2) is 23.9 Å². The summed E-state index contributed by atoms with van der Waals surface area (Å²) in [5, 5.41) is 0. The number of carbonyl (C=O) groups excluding carboxylic acids is 2. The van der Waals surface area contributed by atoms with Gasteiger partial charge in [-0.3, -0.25) is 4.79 Å². The molecular formula is C14H13NO3. The number of esters is 1. The van der Waals surface area contributed by atoms with Crippen molar-refractivity contribution in [3.8, 4) is 0 Å². The molecule has 0 N–H and O–H groups in total. The third-order valence-corrected chi connectivity index (χ3v) is 2.71. The van der Waals surface area contributed by atoms with Crippen molar-refractivity contribution in [1.29, 1.82) is 0 Å². The van der Waals surface area contributed by atoms with Crippen molar-refractivity contribution < 1.29 is 14.3 Å². The maximum Gasteiger partial charge on any atom is 0.337 e. The van der Waals surface area contributed by atoms with Gasteiger partial charge in [-0.25, -0.2) is 4.79 Å². The molecule has 4 heteroatoms. The molecule has 2 aromatic rings. The smallest absolute Gasteiger partial charge is 0.337 e. The predicted octanol–water partition coefficient (Wildman–Crippen LogP) is 2.14. The maximum absolute atomic E-state index is 11.3. The molecule has 1 aromatic heterocycles. The highest BCUT2D eigenvalue weighted by molar-refractivity contribution is 5.89. The zero-order valence-corrected chi connectivity index (χ0v) is 10.00. The predicted molar refractivity (Wildman–Crippen MR) is 66.7 cm³/mol. The third-order valence-electron chi connectivity index (χ3n) is 2.71. The molecule has 0 fully saturated rings. The van der Waals surface area contributed by atoms with Gasteiger partial charge in [-0.2, -0.15) is 0 Å². The molecule has 0 radical (unpaired) electrons. The topological polar surface area (TPSA) is 48.3 Å². The molecule has 0 bridgehead atoms. The zero-order valence-electron chi connectivity index (χ0n) is 10.00. The van der Waals surface area contributed by atoms with Gasteiger partial charge < -0.3 is 9.30 Å². The number of aldehydes is 1. The first-order valence-electron chi connectivity index (χ1n) is 5.52. The van der Waals surface area contributed by atoms with E-state index in [1.165, 1.54) is 7.11 Å². The van der Waals surface area contributed by atoms with Crippen molar-refractivity contribution >= 4 is 12.3 Å². The van der Waals surface area contributed by atoms with Crippen LogP contribution >= 0.6 is 0 Å². The second-order valence-corrected chi connectivity index (χ2v) is 3.87. The van der Waals surface area contributed by atoms with Crippen LogP contribution in [0.1, 0.15) is 26.4 Å². The second kappa shape index (κ2) is 5.31. The van der Waals surface area contributed by atoms with Crippen LogP contribution in [0.25, 0.3) is 0 Å². The van der Waals surface area contributed by atoms with E-state index in [-0.39, 0.29) is 5.97 Å². The Morgan fingerprint density at radius 1 is 1.28 bits per heavy atom. The highest BCUT2D eigenvalue weighted by atomic mass is 16.5. The van der Waals surface area contributed by atoms with Gasteiger partial charge in [0.05, 0.1) is 18.4 Å². The van der Waals surface area contributed by atoms with Crippen molar-refractivity contribution in [2.45, 2.75) is 6.54 Å². The minimum Gasteiger partial charge on any atom is -0.465 e. The number of aromatic nitrogens is 1. The van der Waals surface area contributed by atoms with Crippen molar-refractivity contribution in [3.05, 3.63) is 59.4 Å². The van der Waals surface area contributed by atoms with E-state index in [1.54, 1.807) is 18.2 Å². The lowest BCUT2D eigenvalue weighted by molar-refractivity contribution is 0.0600. The first kappa shape index (κ1) is 12.1. The summed E-state index contributed by atoms with van der Waals surface area (Å²) in [7, 11) is 1.35. The van der Waals surface area contributed by atoms with Crippen molar-refractivity contribution in [1.82, 2.24) is 4.57 Å². The molecule has 0 spiro atoms. The SMILES string of the molecule is COC(=O)c1ccc(Cn2cccc2C=O)cc1. The van der Waals surface area contributed by atoms with E-state index in [4.69, 9.17) is 0 Å². The summed E-state index contributed by atoms with van der Waals surface area (Å²) in [6.45, 7) is 0.600. The standard InChI is InChI=1S/C14H13NO3/c1-18-14(17)12-6-4-11(5-7-12)9-15-8-2-3-13(15)10-16/h2-8,10H,9H2,1H3. The van der Waals surface area contributed by atoms with E-state index in [1.807, 2.05) is 29.0 Å². The monoisotopic (exact) mass is 243 g/mol. The largest absolute Gasteiger partial charge is 0.465 e. The van der Waals surface area contributed by atoms with Gasteiger partial charge in [0, 0.05) is 12.7 Å². The van der Waals surface area contributed by atoms with Crippen LogP contribution in [0.2, 0.25) is 0 Å². The lowest BCUT2D eigenvalue weighted by Crippen LogP contribution is -2.04. The highest BCUT2D eigenvalue weighted by Gasteiger charge is 2.05. The average molecular weight is 243 g/mol. The van der Waals surface area contributed by atoms with Gasteiger partial charge in [0.15, 0.2) is 6.29 Å². The molecule has 1 aromatic carbocycles. The number of nitrogens with zero attached hydrogens (tertiary/aromatic N) is 1. The number of carbonyl (C=O) groups is 2. The first-order chi connectivity index (χ1) is 8.74. The van der Waals surface area contributed by atoms with Crippen LogP contribution in [0, 0.1) is 0 Å². The minimum absolute atomic E-state index is 0.351. The average Bonchev–Trinajstić information content (AvgIpc) is 2.86. The van der Waals surface area contributed by atoms with Crippen molar-refractivity contribution in [2.75, 3.05) is 7.11 Å². The molecule has 18 heavy (non-hydrogen) atoms. The van der Waals surface area contributed by atoms with Crippen molar-refractivity contribution in [2.24, 2.45) is 0 Å². The van der Waals surface area contributed by atoms with Crippen LogP contribution in [0.15, 0.2) is 42.6 Å². The Hall–Kier alpha value is -2.36. The van der Waals surface area contributed by atoms with Gasteiger partial charge >= 0.3 is 5.97 Å². The third kappa shape index (κ3) is 2.48. The Bertz CT molecular complexity index is 555. The molecule has 0 amide bonds. The molecule has 0 saturated heterocycles. The normalized spacial score (nSPS) is 10.1. The molecule has 0 atom stereocenters. The second-order valence-electron chi connectivity index (χ2n) is 3.87. The number of ether oxygens (including phenoxy) is 1. The summed E-state index contributed by atoms with van der Waals surface area (Å²) >= 11 is 0. The van der Waals surface area contributed by atoms with Crippen LogP contribution in [0.3, 0.4) is 0 Å². The molecule has 2 rings (SSSR count).